The lowest BCUT2D eigenvalue weighted by Gasteiger charge is -2.26. The van der Waals surface area contributed by atoms with E-state index < -0.39 is 0 Å². The molecule has 0 unspecified atom stereocenters. The Balaban J connectivity index is 2.35. The maximum atomic E-state index is 12.0. The summed E-state index contributed by atoms with van der Waals surface area (Å²) in [7, 11) is 3.11. The van der Waals surface area contributed by atoms with Crippen LogP contribution in [0.25, 0.3) is 6.08 Å². The number of hydrogen-bond acceptors (Lipinski definition) is 4. The van der Waals surface area contributed by atoms with Gasteiger partial charge in [0, 0.05) is 25.1 Å². The molecule has 1 aliphatic heterocycles. The molecule has 0 atom stereocenters. The lowest BCUT2D eigenvalue weighted by molar-refractivity contribution is -0.117. The lowest BCUT2D eigenvalue weighted by Crippen LogP contribution is -2.35. The molecule has 0 spiro atoms. The monoisotopic (exact) mass is 309 g/mol. The SMILES string of the molecule is CCN1CCC(=O)/C(=C/c2cc(Cl)c(OC)c(OC)c2)C1. The van der Waals surface area contributed by atoms with Crippen LogP contribution in [-0.2, 0) is 4.79 Å². The predicted molar refractivity (Wildman–Crippen MR) is 84.3 cm³/mol. The number of halogens is 1. The van der Waals surface area contributed by atoms with Crippen LogP contribution in [-0.4, -0.2) is 44.5 Å². The minimum atomic E-state index is 0.200. The van der Waals surface area contributed by atoms with Gasteiger partial charge in [-0.3, -0.25) is 9.69 Å². The summed E-state index contributed by atoms with van der Waals surface area (Å²) in [5, 5.41) is 0.472. The normalized spacial score (nSPS) is 18.1. The van der Waals surface area contributed by atoms with E-state index in [0.717, 1.165) is 24.2 Å². The van der Waals surface area contributed by atoms with Gasteiger partial charge in [0.1, 0.15) is 0 Å². The molecule has 1 saturated heterocycles. The second kappa shape index (κ2) is 6.96. The third-order valence-electron chi connectivity index (χ3n) is 3.65. The highest BCUT2D eigenvalue weighted by Crippen LogP contribution is 2.36. The number of Topliss-reactive ketones (excluding diaryl/α,β-unsaturated/α-hetero) is 1. The standard InChI is InChI=1S/C16H20ClNO3/c1-4-18-6-5-14(19)12(10-18)7-11-8-13(17)16(21-3)15(9-11)20-2/h7-9H,4-6,10H2,1-3H3/b12-7+. The van der Waals surface area contributed by atoms with Crippen molar-refractivity contribution in [2.24, 2.45) is 0 Å². The maximum absolute atomic E-state index is 12.0. The summed E-state index contributed by atoms with van der Waals surface area (Å²) in [6.45, 7) is 4.55. The van der Waals surface area contributed by atoms with E-state index in [1.807, 2.05) is 12.1 Å². The van der Waals surface area contributed by atoms with E-state index in [1.165, 1.54) is 0 Å². The third kappa shape index (κ3) is 3.57. The van der Waals surface area contributed by atoms with Crippen LogP contribution in [0.4, 0.5) is 0 Å². The first-order chi connectivity index (χ1) is 10.1. The first-order valence-electron chi connectivity index (χ1n) is 6.96. The van der Waals surface area contributed by atoms with Gasteiger partial charge in [-0.05, 0) is 30.3 Å². The molecule has 0 N–H and O–H groups in total. The van der Waals surface area contributed by atoms with Crippen LogP contribution < -0.4 is 9.47 Å². The van der Waals surface area contributed by atoms with E-state index in [1.54, 1.807) is 20.3 Å². The molecule has 1 fully saturated rings. The summed E-state index contributed by atoms with van der Waals surface area (Å²) in [4.78, 5) is 14.3. The van der Waals surface area contributed by atoms with Crippen LogP contribution in [0.3, 0.4) is 0 Å². The van der Waals surface area contributed by atoms with Gasteiger partial charge < -0.3 is 9.47 Å². The first-order valence-corrected chi connectivity index (χ1v) is 7.34. The summed E-state index contributed by atoms with van der Waals surface area (Å²) < 4.78 is 10.5. The zero-order valence-corrected chi connectivity index (χ0v) is 13.4. The number of hydrogen-bond donors (Lipinski definition) is 0. The number of likely N-dealkylation sites (N-methyl/N-ethyl adjacent to an activating group) is 1. The predicted octanol–water partition coefficient (Wildman–Crippen LogP) is 3.04. The van der Waals surface area contributed by atoms with Crippen molar-refractivity contribution in [1.82, 2.24) is 4.90 Å². The van der Waals surface area contributed by atoms with Crippen LogP contribution in [0.2, 0.25) is 5.02 Å². The molecule has 1 aliphatic rings. The molecule has 114 valence electrons. The number of carbonyl (C=O) groups excluding carboxylic acids is 1. The minimum absolute atomic E-state index is 0.200. The molecule has 1 aromatic rings. The summed E-state index contributed by atoms with van der Waals surface area (Å²) in [5.74, 6) is 1.27. The summed E-state index contributed by atoms with van der Waals surface area (Å²) >= 11 is 6.19. The zero-order chi connectivity index (χ0) is 15.4. The van der Waals surface area contributed by atoms with Gasteiger partial charge in [0.05, 0.1) is 19.2 Å². The molecular weight excluding hydrogens is 290 g/mol. The number of likely N-dealkylation sites (tertiary alicyclic amines) is 1. The molecule has 0 saturated carbocycles. The number of carbonyl (C=O) groups is 1. The molecule has 1 aromatic carbocycles. The van der Waals surface area contributed by atoms with E-state index in [2.05, 4.69) is 11.8 Å². The molecule has 0 aromatic heterocycles. The quantitative estimate of drug-likeness (QED) is 0.801. The Kier molecular flexibility index (Phi) is 5.26. The second-order valence-electron chi connectivity index (χ2n) is 4.95. The average Bonchev–Trinajstić information content (AvgIpc) is 2.48. The van der Waals surface area contributed by atoms with Crippen LogP contribution >= 0.6 is 11.6 Å². The number of ketones is 1. The van der Waals surface area contributed by atoms with Crippen molar-refractivity contribution in [3.63, 3.8) is 0 Å². The Labute approximate surface area is 130 Å². The van der Waals surface area contributed by atoms with Gasteiger partial charge in [0.2, 0.25) is 0 Å². The number of benzene rings is 1. The van der Waals surface area contributed by atoms with Gasteiger partial charge in [-0.25, -0.2) is 0 Å². The van der Waals surface area contributed by atoms with Crippen molar-refractivity contribution in [2.75, 3.05) is 33.9 Å². The molecule has 0 radical (unpaired) electrons. The topological polar surface area (TPSA) is 38.8 Å². The molecular formula is C16H20ClNO3. The molecule has 5 heteroatoms. The third-order valence-corrected chi connectivity index (χ3v) is 3.93. The summed E-state index contributed by atoms with van der Waals surface area (Å²) in [6.07, 6.45) is 2.46. The average molecular weight is 310 g/mol. The van der Waals surface area contributed by atoms with E-state index >= 15 is 0 Å². The largest absolute Gasteiger partial charge is 0.493 e. The Morgan fingerprint density at radius 3 is 2.71 bits per heavy atom. The smallest absolute Gasteiger partial charge is 0.179 e. The van der Waals surface area contributed by atoms with Gasteiger partial charge in [-0.15, -0.1) is 0 Å². The molecule has 2 rings (SSSR count). The van der Waals surface area contributed by atoms with Gasteiger partial charge in [0.25, 0.3) is 0 Å². The molecule has 1 heterocycles. The summed E-state index contributed by atoms with van der Waals surface area (Å²) in [5.41, 5.74) is 1.66. The molecule has 0 amide bonds. The highest BCUT2D eigenvalue weighted by atomic mass is 35.5. The van der Waals surface area contributed by atoms with Crippen molar-refractivity contribution in [2.45, 2.75) is 13.3 Å². The van der Waals surface area contributed by atoms with E-state index in [0.29, 0.717) is 29.5 Å². The van der Waals surface area contributed by atoms with Crippen molar-refractivity contribution in [3.8, 4) is 11.5 Å². The minimum Gasteiger partial charge on any atom is -0.493 e. The van der Waals surface area contributed by atoms with Crippen molar-refractivity contribution in [3.05, 3.63) is 28.3 Å². The maximum Gasteiger partial charge on any atom is 0.179 e. The number of nitrogens with zero attached hydrogens (tertiary/aromatic N) is 1. The van der Waals surface area contributed by atoms with E-state index in [-0.39, 0.29) is 5.78 Å². The molecule has 0 aliphatic carbocycles. The van der Waals surface area contributed by atoms with Gasteiger partial charge in [-0.2, -0.15) is 0 Å². The number of piperidine rings is 1. The van der Waals surface area contributed by atoms with Crippen LogP contribution in [0.5, 0.6) is 11.5 Å². The van der Waals surface area contributed by atoms with Crippen molar-refractivity contribution >= 4 is 23.5 Å². The van der Waals surface area contributed by atoms with Crippen LogP contribution in [0.1, 0.15) is 18.9 Å². The second-order valence-corrected chi connectivity index (χ2v) is 5.36. The number of methoxy groups -OCH3 is 2. The Morgan fingerprint density at radius 1 is 1.33 bits per heavy atom. The Morgan fingerprint density at radius 2 is 2.10 bits per heavy atom. The summed E-state index contributed by atoms with van der Waals surface area (Å²) in [6, 6.07) is 3.62. The van der Waals surface area contributed by atoms with Crippen molar-refractivity contribution in [1.29, 1.82) is 0 Å². The first kappa shape index (κ1) is 15.9. The molecule has 0 bridgehead atoms. The fraction of sp³-hybridized carbons (Fsp3) is 0.438. The van der Waals surface area contributed by atoms with E-state index in [4.69, 9.17) is 21.1 Å². The fourth-order valence-corrected chi connectivity index (χ4v) is 2.74. The highest BCUT2D eigenvalue weighted by Gasteiger charge is 2.20. The highest BCUT2D eigenvalue weighted by molar-refractivity contribution is 6.32. The molecule has 21 heavy (non-hydrogen) atoms. The number of rotatable bonds is 4. The van der Waals surface area contributed by atoms with Crippen molar-refractivity contribution < 1.29 is 14.3 Å². The number of ether oxygens (including phenoxy) is 2. The van der Waals surface area contributed by atoms with Gasteiger partial charge in [-0.1, -0.05) is 18.5 Å². The Hall–Kier alpha value is -1.52. The Bertz CT molecular complexity index is 569. The van der Waals surface area contributed by atoms with Gasteiger partial charge >= 0.3 is 0 Å². The van der Waals surface area contributed by atoms with Crippen LogP contribution in [0, 0.1) is 0 Å². The van der Waals surface area contributed by atoms with Crippen LogP contribution in [0.15, 0.2) is 17.7 Å². The van der Waals surface area contributed by atoms with Gasteiger partial charge in [0.15, 0.2) is 17.3 Å². The van der Waals surface area contributed by atoms with E-state index in [9.17, 15) is 4.79 Å². The lowest BCUT2D eigenvalue weighted by atomic mass is 10.00. The zero-order valence-electron chi connectivity index (χ0n) is 12.6. The molecule has 4 nitrogen and oxygen atoms in total. The fourth-order valence-electron chi connectivity index (χ4n) is 2.45.